The van der Waals surface area contributed by atoms with Crippen LogP contribution in [0.2, 0.25) is 0 Å². The second-order valence-electron chi connectivity index (χ2n) is 7.82. The number of carbonyl (C=O) groups is 1. The van der Waals surface area contributed by atoms with Crippen LogP contribution in [0.5, 0.6) is 11.5 Å². The summed E-state index contributed by atoms with van der Waals surface area (Å²) in [5.74, 6) is -1.10. The Kier molecular flexibility index (Phi) is 7.53. The number of ether oxygens (including phenoxy) is 2. The van der Waals surface area contributed by atoms with E-state index in [4.69, 9.17) is 0 Å². The molecule has 2 amide bonds. The van der Waals surface area contributed by atoms with Crippen molar-refractivity contribution in [2.45, 2.75) is 18.6 Å². The number of halogens is 8. The lowest BCUT2D eigenvalue weighted by atomic mass is 10.2. The molecule has 0 radical (unpaired) electrons. The number of benzene rings is 3. The minimum Gasteiger partial charge on any atom is -0.426 e. The fourth-order valence-electron chi connectivity index (χ4n) is 3.16. The molecule has 4 rings (SSSR count). The van der Waals surface area contributed by atoms with Crippen LogP contribution in [-0.2, 0) is 0 Å². The number of nitrogens with one attached hydrogen (secondary N) is 2. The van der Waals surface area contributed by atoms with Gasteiger partial charge in [-0.3, -0.25) is 0 Å². The Morgan fingerprint density at radius 1 is 0.775 bits per heavy atom. The molecule has 0 fully saturated rings. The van der Waals surface area contributed by atoms with Gasteiger partial charge in [0, 0.05) is 11.3 Å². The fraction of sp³-hybridized carbons (Fsp3) is 0.125. The minimum atomic E-state index is -5.88. The maximum Gasteiger partial charge on any atom is 0.573 e. The third kappa shape index (κ3) is 6.95. The fourth-order valence-corrected chi connectivity index (χ4v) is 3.16. The minimum absolute atomic E-state index is 0.207. The molecule has 0 unspecified atom stereocenters. The van der Waals surface area contributed by atoms with Crippen LogP contribution in [0.3, 0.4) is 0 Å². The van der Waals surface area contributed by atoms with Gasteiger partial charge in [0.1, 0.15) is 12.1 Å². The summed E-state index contributed by atoms with van der Waals surface area (Å²) in [6, 6.07) is 14.4. The predicted octanol–water partition coefficient (Wildman–Crippen LogP) is 7.01. The summed E-state index contributed by atoms with van der Waals surface area (Å²) < 4.78 is 110. The number of carbonyl (C=O) groups excluding carboxylic acids is 1. The number of hydrogen-bond donors (Lipinski definition) is 2. The first-order chi connectivity index (χ1) is 18.7. The van der Waals surface area contributed by atoms with Crippen LogP contribution < -0.4 is 20.1 Å². The van der Waals surface area contributed by atoms with E-state index in [0.717, 1.165) is 18.2 Å². The van der Waals surface area contributed by atoms with Gasteiger partial charge in [0.15, 0.2) is 11.6 Å². The number of para-hydroxylation sites is 2. The molecule has 0 saturated carbocycles. The van der Waals surface area contributed by atoms with Gasteiger partial charge in [0.25, 0.3) is 0 Å². The maximum atomic E-state index is 13.1. The Hall–Kier alpha value is -4.89. The zero-order valence-electron chi connectivity index (χ0n) is 19.6. The van der Waals surface area contributed by atoms with Crippen molar-refractivity contribution < 1.29 is 49.4 Å². The summed E-state index contributed by atoms with van der Waals surface area (Å²) in [6.45, 7) is 0. The Morgan fingerprint density at radius 3 is 2.05 bits per heavy atom. The maximum absolute atomic E-state index is 13.1. The summed E-state index contributed by atoms with van der Waals surface area (Å²) in [7, 11) is 0. The van der Waals surface area contributed by atoms with Crippen LogP contribution in [0, 0.1) is 0 Å². The molecule has 4 aromatic rings. The molecular formula is C24H15F8N5O3. The summed E-state index contributed by atoms with van der Waals surface area (Å²) in [5, 5.41) is 8.93. The molecule has 210 valence electrons. The van der Waals surface area contributed by atoms with Crippen molar-refractivity contribution in [3.8, 4) is 28.6 Å². The lowest BCUT2D eigenvalue weighted by molar-refractivity contribution is -0.360. The Bertz CT molecular complexity index is 1470. The molecule has 2 N–H and O–H groups in total. The van der Waals surface area contributed by atoms with E-state index in [0.29, 0.717) is 5.56 Å². The van der Waals surface area contributed by atoms with Crippen molar-refractivity contribution in [2.75, 3.05) is 10.6 Å². The zero-order chi connectivity index (χ0) is 29.1. The lowest BCUT2D eigenvalue weighted by Crippen LogP contribution is -2.41. The molecule has 1 aromatic heterocycles. The molecule has 0 bridgehead atoms. The number of rotatable bonds is 7. The van der Waals surface area contributed by atoms with Crippen LogP contribution in [0.15, 0.2) is 79.1 Å². The predicted molar refractivity (Wildman–Crippen MR) is 124 cm³/mol. The molecule has 0 aliphatic carbocycles. The van der Waals surface area contributed by atoms with Gasteiger partial charge in [0.2, 0.25) is 0 Å². The number of amides is 2. The number of hydrogen-bond acceptors (Lipinski definition) is 5. The van der Waals surface area contributed by atoms with Crippen LogP contribution in [-0.4, -0.2) is 39.4 Å². The van der Waals surface area contributed by atoms with Crippen molar-refractivity contribution >= 4 is 17.4 Å². The van der Waals surface area contributed by atoms with E-state index >= 15 is 0 Å². The second-order valence-corrected chi connectivity index (χ2v) is 7.82. The average Bonchev–Trinajstić information content (AvgIpc) is 3.35. The molecule has 0 atom stereocenters. The van der Waals surface area contributed by atoms with Crippen molar-refractivity contribution in [3.63, 3.8) is 0 Å². The van der Waals surface area contributed by atoms with Crippen LogP contribution in [0.1, 0.15) is 0 Å². The third-order valence-electron chi connectivity index (χ3n) is 4.93. The Morgan fingerprint density at radius 2 is 1.43 bits per heavy atom. The highest BCUT2D eigenvalue weighted by Crippen LogP contribution is 2.37. The summed E-state index contributed by atoms with van der Waals surface area (Å²) in [5.41, 5.74) is 0.836. The van der Waals surface area contributed by atoms with E-state index in [2.05, 4.69) is 30.2 Å². The van der Waals surface area contributed by atoms with Crippen molar-refractivity contribution in [1.29, 1.82) is 0 Å². The molecule has 1 heterocycles. The largest absolute Gasteiger partial charge is 0.573 e. The van der Waals surface area contributed by atoms with E-state index < -0.39 is 36.2 Å². The van der Waals surface area contributed by atoms with E-state index in [1.165, 1.54) is 65.6 Å². The highest BCUT2D eigenvalue weighted by Gasteiger charge is 2.61. The highest BCUT2D eigenvalue weighted by atomic mass is 19.4. The Labute approximate surface area is 219 Å². The number of anilines is 2. The molecule has 40 heavy (non-hydrogen) atoms. The van der Waals surface area contributed by atoms with Gasteiger partial charge >= 0.3 is 24.7 Å². The first-order valence-corrected chi connectivity index (χ1v) is 10.9. The van der Waals surface area contributed by atoms with Gasteiger partial charge in [-0.15, -0.1) is 18.3 Å². The normalized spacial score (nSPS) is 12.1. The lowest BCUT2D eigenvalue weighted by Gasteiger charge is -2.20. The number of nitrogens with zero attached hydrogens (tertiary/aromatic N) is 3. The van der Waals surface area contributed by atoms with Gasteiger partial charge in [-0.2, -0.15) is 22.0 Å². The van der Waals surface area contributed by atoms with E-state index in [9.17, 15) is 39.9 Å². The first-order valence-electron chi connectivity index (χ1n) is 10.9. The van der Waals surface area contributed by atoms with Crippen LogP contribution in [0.25, 0.3) is 17.1 Å². The number of urea groups is 1. The highest BCUT2D eigenvalue weighted by molar-refractivity contribution is 6.00. The van der Waals surface area contributed by atoms with Crippen molar-refractivity contribution in [3.05, 3.63) is 79.1 Å². The van der Waals surface area contributed by atoms with Crippen LogP contribution >= 0.6 is 0 Å². The summed E-state index contributed by atoms with van der Waals surface area (Å²) in [6.07, 6.45) is -14.9. The number of alkyl halides is 8. The second kappa shape index (κ2) is 10.7. The molecule has 8 nitrogen and oxygen atoms in total. The van der Waals surface area contributed by atoms with Crippen LogP contribution in [0.4, 0.5) is 51.3 Å². The van der Waals surface area contributed by atoms with Crippen molar-refractivity contribution in [2.24, 2.45) is 0 Å². The molecule has 0 aliphatic heterocycles. The zero-order valence-corrected chi connectivity index (χ0v) is 19.6. The van der Waals surface area contributed by atoms with E-state index in [-0.39, 0.29) is 22.9 Å². The van der Waals surface area contributed by atoms with Gasteiger partial charge in [0.05, 0.1) is 11.4 Å². The average molecular weight is 573 g/mol. The monoisotopic (exact) mass is 573 g/mol. The molecule has 3 aromatic carbocycles. The van der Waals surface area contributed by atoms with Gasteiger partial charge < -0.3 is 20.1 Å². The van der Waals surface area contributed by atoms with Gasteiger partial charge in [-0.05, 0) is 60.7 Å². The molecule has 0 aliphatic rings. The number of aromatic nitrogens is 3. The molecular weight excluding hydrogens is 558 g/mol. The van der Waals surface area contributed by atoms with Crippen molar-refractivity contribution in [1.82, 2.24) is 14.8 Å². The smallest absolute Gasteiger partial charge is 0.426 e. The first kappa shape index (κ1) is 28.1. The molecule has 16 heteroatoms. The standard InChI is InChI=1S/C24H15F8N5O3/c25-22(26,27)23(28,29)39-17-11-9-16(10-12-17)37-13-33-20(36-37)14-5-7-15(8-6-14)34-21(38)35-18-3-1-2-4-19(18)40-24(30,31)32/h1-13H,(H2,34,35,38). The summed E-state index contributed by atoms with van der Waals surface area (Å²) >= 11 is 0. The SMILES string of the molecule is O=C(Nc1ccc(-c2ncn(-c3ccc(OC(F)(F)C(F)(F)F)cc3)n2)cc1)Nc1ccccc1OC(F)(F)F. The van der Waals surface area contributed by atoms with Gasteiger partial charge in [-0.25, -0.2) is 14.5 Å². The third-order valence-corrected chi connectivity index (χ3v) is 4.93. The van der Waals surface area contributed by atoms with E-state index in [1.807, 2.05) is 0 Å². The molecule has 0 spiro atoms. The van der Waals surface area contributed by atoms with Gasteiger partial charge in [-0.1, -0.05) is 12.1 Å². The quantitative estimate of drug-likeness (QED) is 0.232. The topological polar surface area (TPSA) is 90.3 Å². The molecule has 0 saturated heterocycles. The Balaban J connectivity index is 1.39. The summed E-state index contributed by atoms with van der Waals surface area (Å²) in [4.78, 5) is 16.4. The van der Waals surface area contributed by atoms with E-state index in [1.54, 1.807) is 0 Å².